The van der Waals surface area contributed by atoms with Gasteiger partial charge in [-0.1, -0.05) is 47.1 Å². The van der Waals surface area contributed by atoms with E-state index in [1.165, 1.54) is 16.8 Å². The van der Waals surface area contributed by atoms with Crippen LogP contribution in [0.25, 0.3) is 0 Å². The summed E-state index contributed by atoms with van der Waals surface area (Å²) in [7, 11) is 0. The fraction of sp³-hybridized carbons (Fsp3) is 0.0833. The molecule has 0 saturated heterocycles. The Balaban J connectivity index is 2.30. The highest BCUT2D eigenvalue weighted by Crippen LogP contribution is 2.02. The third-order valence-electron chi connectivity index (χ3n) is 2.34. The lowest BCUT2D eigenvalue weighted by Gasteiger charge is -2.05. The average Bonchev–Trinajstić information content (AvgIpc) is 2.40. The Labute approximate surface area is 108 Å². The molecule has 1 heterocycles. The van der Waals surface area contributed by atoms with Crippen LogP contribution in [0.5, 0.6) is 0 Å². The molecule has 0 saturated carbocycles. The van der Waals surface area contributed by atoms with Crippen molar-refractivity contribution in [2.75, 3.05) is 0 Å². The molecule has 1 N–H and O–H groups in total. The molecule has 0 bridgehead atoms. The summed E-state index contributed by atoms with van der Waals surface area (Å²) in [5, 5.41) is 16.0. The lowest BCUT2D eigenvalue weighted by atomic mass is 10.1. The number of carbonyl (C=O) groups is 1. The number of rotatable bonds is 3. The van der Waals surface area contributed by atoms with Crippen molar-refractivity contribution in [1.29, 1.82) is 0 Å². The van der Waals surface area contributed by atoms with Gasteiger partial charge < -0.3 is 5.21 Å². The van der Waals surface area contributed by atoms with Gasteiger partial charge in [0.25, 0.3) is 0 Å². The Morgan fingerprint density at radius 1 is 1.28 bits per heavy atom. The highest BCUT2D eigenvalue weighted by Gasteiger charge is 2.08. The topological polar surface area (TPSA) is 67.5 Å². The van der Waals surface area contributed by atoms with Crippen LogP contribution in [0.4, 0.5) is 0 Å². The van der Waals surface area contributed by atoms with Gasteiger partial charge in [-0.3, -0.25) is 4.79 Å². The summed E-state index contributed by atoms with van der Waals surface area (Å²) in [6.07, 6.45) is 0. The maximum absolute atomic E-state index is 12.0. The highest BCUT2D eigenvalue weighted by atomic mass is 35.5. The minimum Gasteiger partial charge on any atom is -0.409 e. The summed E-state index contributed by atoms with van der Waals surface area (Å²) in [6, 6.07) is 11.8. The Morgan fingerprint density at radius 3 is 2.67 bits per heavy atom. The maximum atomic E-state index is 12.0. The first-order valence-electron chi connectivity index (χ1n) is 5.21. The smallest absolute Gasteiger partial charge is 0.188 e. The monoisotopic (exact) mass is 263 g/mol. The van der Waals surface area contributed by atoms with Crippen molar-refractivity contribution in [3.63, 3.8) is 0 Å². The zero-order chi connectivity index (χ0) is 13.0. The van der Waals surface area contributed by atoms with Crippen molar-refractivity contribution in [2.24, 2.45) is 5.16 Å². The maximum Gasteiger partial charge on any atom is 0.188 e. The quantitative estimate of drug-likeness (QED) is 0.521. The van der Waals surface area contributed by atoms with Gasteiger partial charge in [0.05, 0.1) is 0 Å². The zero-order valence-corrected chi connectivity index (χ0v) is 10.1. The molecule has 0 fully saturated rings. The van der Waals surface area contributed by atoms with Gasteiger partial charge in [0.2, 0.25) is 0 Å². The number of hydrogen-bond acceptors (Lipinski definition) is 4. The number of benzene rings is 1. The van der Waals surface area contributed by atoms with Gasteiger partial charge in [-0.25, -0.2) is 4.68 Å². The Kier molecular flexibility index (Phi) is 3.74. The minimum absolute atomic E-state index is 0.0377. The van der Waals surface area contributed by atoms with Crippen LogP contribution in [-0.2, 0) is 6.54 Å². The van der Waals surface area contributed by atoms with Crippen molar-refractivity contribution in [3.8, 4) is 0 Å². The number of aromatic nitrogens is 2. The molecule has 0 aliphatic carbocycles. The minimum atomic E-state index is -0.139. The van der Waals surface area contributed by atoms with Crippen LogP contribution >= 0.6 is 11.6 Å². The van der Waals surface area contributed by atoms with Crippen LogP contribution in [-0.4, -0.2) is 20.8 Å². The summed E-state index contributed by atoms with van der Waals surface area (Å²) in [6.45, 7) is -0.0377. The van der Waals surface area contributed by atoms with E-state index in [-0.39, 0.29) is 23.0 Å². The van der Waals surface area contributed by atoms with E-state index in [9.17, 15) is 4.79 Å². The summed E-state index contributed by atoms with van der Waals surface area (Å²) in [4.78, 5) is 12.0. The van der Waals surface area contributed by atoms with Gasteiger partial charge >= 0.3 is 0 Å². The van der Waals surface area contributed by atoms with E-state index >= 15 is 0 Å². The molecule has 0 spiro atoms. The van der Waals surface area contributed by atoms with Crippen molar-refractivity contribution in [2.45, 2.75) is 6.54 Å². The molecular weight excluding hydrogens is 254 g/mol. The third kappa shape index (κ3) is 2.75. The first-order valence-corrected chi connectivity index (χ1v) is 5.58. The van der Waals surface area contributed by atoms with Gasteiger partial charge in [0.1, 0.15) is 11.7 Å². The van der Waals surface area contributed by atoms with Crippen molar-refractivity contribution < 1.29 is 10.0 Å². The van der Waals surface area contributed by atoms with Crippen molar-refractivity contribution >= 4 is 17.4 Å². The van der Waals surface area contributed by atoms with Gasteiger partial charge in [-0.15, -0.1) is 0 Å². The predicted octanol–water partition coefficient (Wildman–Crippen LogP) is 1.71. The van der Waals surface area contributed by atoms with Crippen LogP contribution in [0.15, 0.2) is 47.6 Å². The van der Waals surface area contributed by atoms with E-state index < -0.39 is 0 Å². The van der Waals surface area contributed by atoms with Crippen LogP contribution < -0.4 is 5.49 Å². The van der Waals surface area contributed by atoms with E-state index in [2.05, 4.69) is 10.3 Å². The second-order valence-corrected chi connectivity index (χ2v) is 3.95. The average molecular weight is 264 g/mol. The van der Waals surface area contributed by atoms with Crippen LogP contribution in [0.2, 0.25) is 5.15 Å². The fourth-order valence-corrected chi connectivity index (χ4v) is 1.64. The Morgan fingerprint density at radius 2 is 2.00 bits per heavy atom. The summed E-state index contributed by atoms with van der Waals surface area (Å²) < 4.78 is 1.25. The molecule has 0 unspecified atom stereocenters. The molecule has 5 nitrogen and oxygen atoms in total. The standard InChI is InChI=1S/C12H10ClN3O2/c13-11-6-7-12(15-18)16(14-11)8-10(17)9-4-2-1-3-5-9/h1-7,18H,8H2/b15-12-. The first kappa shape index (κ1) is 12.3. The molecule has 18 heavy (non-hydrogen) atoms. The number of nitrogens with zero attached hydrogens (tertiary/aromatic N) is 3. The molecule has 1 aromatic heterocycles. The Hall–Kier alpha value is -2.14. The SMILES string of the molecule is O=C(Cn1nc(Cl)cc/c1=N/O)c1ccccc1. The van der Waals surface area contributed by atoms with Gasteiger partial charge in [-0.05, 0) is 12.1 Å². The lowest BCUT2D eigenvalue weighted by molar-refractivity contribution is 0.0964. The largest absolute Gasteiger partial charge is 0.409 e. The zero-order valence-electron chi connectivity index (χ0n) is 9.32. The predicted molar refractivity (Wildman–Crippen MR) is 65.4 cm³/mol. The summed E-state index contributed by atoms with van der Waals surface area (Å²) in [5.41, 5.74) is 0.736. The summed E-state index contributed by atoms with van der Waals surface area (Å²) in [5.74, 6) is -0.139. The van der Waals surface area contributed by atoms with Crippen molar-refractivity contribution in [3.05, 3.63) is 58.7 Å². The molecule has 0 aliphatic rings. The van der Waals surface area contributed by atoms with Crippen LogP contribution in [0, 0.1) is 0 Å². The molecule has 0 amide bonds. The van der Waals surface area contributed by atoms with E-state index in [0.717, 1.165) is 0 Å². The van der Waals surface area contributed by atoms with Gasteiger partial charge in [0, 0.05) is 5.56 Å². The number of Topliss-reactive ketones (excluding diaryl/α,β-unsaturated/α-hetero) is 1. The van der Waals surface area contributed by atoms with Crippen LogP contribution in [0.3, 0.4) is 0 Å². The van der Waals surface area contributed by atoms with E-state index in [1.807, 2.05) is 6.07 Å². The number of ketones is 1. The first-order chi connectivity index (χ1) is 8.70. The normalized spacial score (nSPS) is 11.5. The van der Waals surface area contributed by atoms with Gasteiger partial charge in [0.15, 0.2) is 11.3 Å². The van der Waals surface area contributed by atoms with E-state index in [4.69, 9.17) is 16.8 Å². The number of hydrogen-bond donors (Lipinski definition) is 1. The van der Waals surface area contributed by atoms with E-state index in [0.29, 0.717) is 5.56 Å². The third-order valence-corrected chi connectivity index (χ3v) is 2.54. The van der Waals surface area contributed by atoms with E-state index in [1.54, 1.807) is 24.3 Å². The van der Waals surface area contributed by atoms with Crippen LogP contribution in [0.1, 0.15) is 10.4 Å². The second kappa shape index (κ2) is 5.46. The van der Waals surface area contributed by atoms with Crippen molar-refractivity contribution in [1.82, 2.24) is 9.78 Å². The molecule has 0 radical (unpaired) electrons. The molecule has 6 heteroatoms. The molecular formula is C12H10ClN3O2. The lowest BCUT2D eigenvalue weighted by Crippen LogP contribution is -2.27. The summed E-state index contributed by atoms with van der Waals surface area (Å²) >= 11 is 5.74. The Bertz CT molecular complexity index is 623. The molecule has 0 aliphatic heterocycles. The molecule has 92 valence electrons. The second-order valence-electron chi connectivity index (χ2n) is 3.56. The molecule has 0 atom stereocenters. The highest BCUT2D eigenvalue weighted by molar-refractivity contribution is 6.29. The molecule has 2 rings (SSSR count). The number of carbonyl (C=O) groups excluding carboxylic acids is 1. The number of halogens is 1. The van der Waals surface area contributed by atoms with Gasteiger partial charge in [-0.2, -0.15) is 5.10 Å². The molecule has 2 aromatic rings. The molecule has 1 aromatic carbocycles. The fourth-order valence-electron chi connectivity index (χ4n) is 1.48.